The Labute approximate surface area is 299 Å². The lowest BCUT2D eigenvalue weighted by Gasteiger charge is -2.40. The Hall–Kier alpha value is -1.07. The number of rotatable bonds is 33. The average molecular weight is 700 g/mol. The van der Waals surface area contributed by atoms with Crippen molar-refractivity contribution >= 4 is 5.91 Å². The Morgan fingerprint density at radius 2 is 1.12 bits per heavy atom. The van der Waals surface area contributed by atoms with Crippen LogP contribution in [-0.4, -0.2) is 87.5 Å². The summed E-state index contributed by atoms with van der Waals surface area (Å²) < 4.78 is 11.2. The van der Waals surface area contributed by atoms with E-state index in [0.717, 1.165) is 38.5 Å². The van der Waals surface area contributed by atoms with Gasteiger partial charge in [0.15, 0.2) is 6.29 Å². The van der Waals surface area contributed by atoms with Crippen molar-refractivity contribution in [1.82, 2.24) is 5.32 Å². The number of aliphatic hydroxyl groups excluding tert-OH is 5. The maximum atomic E-state index is 12.9. The third kappa shape index (κ3) is 23.2. The normalized spacial score (nSPS) is 22.5. The summed E-state index contributed by atoms with van der Waals surface area (Å²) in [7, 11) is 0. The van der Waals surface area contributed by atoms with Gasteiger partial charge in [0.1, 0.15) is 24.4 Å². The summed E-state index contributed by atoms with van der Waals surface area (Å²) in [6, 6.07) is -0.796. The fourth-order valence-corrected chi connectivity index (χ4v) is 6.51. The molecule has 0 aromatic heterocycles. The van der Waals surface area contributed by atoms with E-state index in [2.05, 4.69) is 19.2 Å². The topological polar surface area (TPSA) is 149 Å². The van der Waals surface area contributed by atoms with Crippen LogP contribution >= 0.6 is 0 Å². The maximum Gasteiger partial charge on any atom is 0.220 e. The molecular formula is C40H77NO8. The van der Waals surface area contributed by atoms with Crippen LogP contribution in [0.5, 0.6) is 0 Å². The van der Waals surface area contributed by atoms with Crippen LogP contribution in [0.1, 0.15) is 181 Å². The number of nitrogens with one attached hydrogen (secondary N) is 1. The second kappa shape index (κ2) is 31.6. The van der Waals surface area contributed by atoms with Crippen molar-refractivity contribution in [3.8, 4) is 0 Å². The molecule has 0 bridgehead atoms. The van der Waals surface area contributed by atoms with E-state index < -0.39 is 49.5 Å². The molecule has 0 radical (unpaired) electrons. The highest BCUT2D eigenvalue weighted by molar-refractivity contribution is 5.76. The SMILES string of the molecule is CCCCCCCCCCCCC/C=C/[C@@H](O)[C@H](CO[C@@H]1OC(CO)[C@H](O)C(O)C1O)NC(=O)CCCCCCCCCCCCCCC. The van der Waals surface area contributed by atoms with Crippen LogP contribution in [0.4, 0.5) is 0 Å². The molecular weight excluding hydrogens is 622 g/mol. The van der Waals surface area contributed by atoms with E-state index in [4.69, 9.17) is 9.47 Å². The number of amides is 1. The molecule has 0 aliphatic carbocycles. The number of carbonyl (C=O) groups is 1. The predicted molar refractivity (Wildman–Crippen MR) is 198 cm³/mol. The Kier molecular flexibility index (Phi) is 29.7. The molecule has 1 saturated heterocycles. The minimum absolute atomic E-state index is 0.178. The molecule has 3 unspecified atom stereocenters. The van der Waals surface area contributed by atoms with Gasteiger partial charge in [-0.15, -0.1) is 0 Å². The van der Waals surface area contributed by atoms with Gasteiger partial charge in [-0.1, -0.05) is 167 Å². The van der Waals surface area contributed by atoms with Crippen molar-refractivity contribution in [2.45, 2.75) is 224 Å². The maximum absolute atomic E-state index is 12.9. The van der Waals surface area contributed by atoms with Crippen molar-refractivity contribution in [3.63, 3.8) is 0 Å². The molecule has 0 aromatic carbocycles. The zero-order chi connectivity index (χ0) is 36.0. The molecule has 1 aliphatic heterocycles. The van der Waals surface area contributed by atoms with Gasteiger partial charge < -0.3 is 40.3 Å². The molecule has 0 spiro atoms. The van der Waals surface area contributed by atoms with Crippen LogP contribution in [-0.2, 0) is 14.3 Å². The second-order valence-electron chi connectivity index (χ2n) is 14.4. The van der Waals surface area contributed by atoms with Gasteiger partial charge in [0.2, 0.25) is 5.91 Å². The molecule has 49 heavy (non-hydrogen) atoms. The number of hydrogen-bond donors (Lipinski definition) is 6. The fourth-order valence-electron chi connectivity index (χ4n) is 6.51. The molecule has 0 saturated carbocycles. The Balaban J connectivity index is 2.43. The van der Waals surface area contributed by atoms with E-state index in [0.29, 0.717) is 6.42 Å². The standard InChI is InChI=1S/C40H77NO8/c1-3-5-7-9-11-13-15-17-19-21-23-25-27-29-34(43)33(32-48-40-39(47)38(46)37(45)35(31-42)49-40)41-36(44)30-28-26-24-22-20-18-16-14-12-10-8-6-4-2/h27,29,33-35,37-40,42-43,45-47H,3-26,28,30-32H2,1-2H3,(H,41,44)/b29-27+/t33-,34+,35?,37-,38?,39?,40+/m0/s1. The first-order valence-corrected chi connectivity index (χ1v) is 20.4. The van der Waals surface area contributed by atoms with E-state index in [-0.39, 0.29) is 12.5 Å². The third-order valence-corrected chi connectivity index (χ3v) is 9.86. The molecule has 1 rings (SSSR count). The van der Waals surface area contributed by atoms with E-state index in [1.807, 2.05) is 6.08 Å². The van der Waals surface area contributed by atoms with Crippen molar-refractivity contribution < 1.29 is 39.8 Å². The van der Waals surface area contributed by atoms with Gasteiger partial charge in [-0.05, 0) is 19.3 Å². The van der Waals surface area contributed by atoms with Gasteiger partial charge >= 0.3 is 0 Å². The predicted octanol–water partition coefficient (Wildman–Crippen LogP) is 7.39. The lowest BCUT2D eigenvalue weighted by molar-refractivity contribution is -0.302. The Bertz CT molecular complexity index is 781. The summed E-state index contributed by atoms with van der Waals surface area (Å²) in [5.74, 6) is -0.178. The smallest absolute Gasteiger partial charge is 0.220 e. The van der Waals surface area contributed by atoms with Crippen LogP contribution in [0.2, 0.25) is 0 Å². The number of ether oxygens (including phenoxy) is 2. The number of unbranched alkanes of at least 4 members (excludes halogenated alkanes) is 23. The number of carbonyl (C=O) groups excluding carboxylic acids is 1. The first kappa shape index (κ1) is 46.0. The Morgan fingerprint density at radius 3 is 1.59 bits per heavy atom. The van der Waals surface area contributed by atoms with Crippen molar-refractivity contribution in [2.75, 3.05) is 13.2 Å². The van der Waals surface area contributed by atoms with E-state index in [1.165, 1.54) is 122 Å². The van der Waals surface area contributed by atoms with Crippen LogP contribution < -0.4 is 5.32 Å². The monoisotopic (exact) mass is 700 g/mol. The van der Waals surface area contributed by atoms with Crippen LogP contribution in [0.3, 0.4) is 0 Å². The van der Waals surface area contributed by atoms with E-state index in [1.54, 1.807) is 6.08 Å². The molecule has 6 N–H and O–H groups in total. The first-order valence-electron chi connectivity index (χ1n) is 20.4. The quantitative estimate of drug-likeness (QED) is 0.0307. The molecule has 290 valence electrons. The summed E-state index contributed by atoms with van der Waals surface area (Å²) in [5, 5.41) is 53.9. The third-order valence-electron chi connectivity index (χ3n) is 9.86. The minimum Gasteiger partial charge on any atom is -0.394 e. The van der Waals surface area contributed by atoms with Crippen molar-refractivity contribution in [3.05, 3.63) is 12.2 Å². The second-order valence-corrected chi connectivity index (χ2v) is 14.4. The highest BCUT2D eigenvalue weighted by Gasteiger charge is 2.44. The lowest BCUT2D eigenvalue weighted by Crippen LogP contribution is -2.60. The van der Waals surface area contributed by atoms with Gasteiger partial charge in [-0.3, -0.25) is 4.79 Å². The summed E-state index contributed by atoms with van der Waals surface area (Å²) in [6.45, 7) is 3.75. The molecule has 1 aliphatic rings. The fraction of sp³-hybridized carbons (Fsp3) is 0.925. The molecule has 9 heteroatoms. The molecule has 0 aromatic rings. The summed E-state index contributed by atoms with van der Waals surface area (Å²) in [6.07, 6.45) is 26.7. The molecule has 1 heterocycles. The first-order chi connectivity index (χ1) is 23.8. The highest BCUT2D eigenvalue weighted by atomic mass is 16.7. The van der Waals surface area contributed by atoms with Gasteiger partial charge in [-0.2, -0.15) is 0 Å². The zero-order valence-corrected chi connectivity index (χ0v) is 31.5. The molecule has 7 atom stereocenters. The average Bonchev–Trinajstić information content (AvgIpc) is 3.10. The van der Waals surface area contributed by atoms with Crippen LogP contribution in [0, 0.1) is 0 Å². The lowest BCUT2D eigenvalue weighted by atomic mass is 9.99. The number of aliphatic hydroxyl groups is 5. The van der Waals surface area contributed by atoms with Crippen LogP contribution in [0.25, 0.3) is 0 Å². The number of hydrogen-bond acceptors (Lipinski definition) is 8. The summed E-state index contributed by atoms with van der Waals surface area (Å²) >= 11 is 0. The summed E-state index contributed by atoms with van der Waals surface area (Å²) in [4.78, 5) is 12.9. The Morgan fingerprint density at radius 1 is 0.673 bits per heavy atom. The zero-order valence-electron chi connectivity index (χ0n) is 31.5. The molecule has 1 amide bonds. The van der Waals surface area contributed by atoms with E-state index in [9.17, 15) is 30.3 Å². The molecule has 1 fully saturated rings. The number of allylic oxidation sites excluding steroid dienone is 1. The minimum atomic E-state index is -1.56. The van der Waals surface area contributed by atoms with Gasteiger partial charge in [0.25, 0.3) is 0 Å². The van der Waals surface area contributed by atoms with E-state index >= 15 is 0 Å². The van der Waals surface area contributed by atoms with Gasteiger partial charge in [0, 0.05) is 6.42 Å². The largest absolute Gasteiger partial charge is 0.394 e. The van der Waals surface area contributed by atoms with Gasteiger partial charge in [-0.25, -0.2) is 0 Å². The summed E-state index contributed by atoms with van der Waals surface area (Å²) in [5.41, 5.74) is 0. The molecule has 9 nitrogen and oxygen atoms in total. The van der Waals surface area contributed by atoms with Crippen molar-refractivity contribution in [2.24, 2.45) is 0 Å². The van der Waals surface area contributed by atoms with Crippen molar-refractivity contribution in [1.29, 1.82) is 0 Å². The van der Waals surface area contributed by atoms with Crippen LogP contribution in [0.15, 0.2) is 12.2 Å². The van der Waals surface area contributed by atoms with Gasteiger partial charge in [0.05, 0.1) is 25.4 Å². The highest BCUT2D eigenvalue weighted by Crippen LogP contribution is 2.22.